The van der Waals surface area contributed by atoms with Crippen molar-refractivity contribution in [3.63, 3.8) is 0 Å². The number of amides is 1. The predicted molar refractivity (Wildman–Crippen MR) is 120 cm³/mol. The third kappa shape index (κ3) is 4.09. The van der Waals surface area contributed by atoms with Crippen molar-refractivity contribution in [3.05, 3.63) is 53.6 Å². The molecule has 11 heteroatoms. The molecule has 0 aromatic heterocycles. The van der Waals surface area contributed by atoms with Crippen LogP contribution < -0.4 is 14.5 Å². The van der Waals surface area contributed by atoms with Crippen molar-refractivity contribution >= 4 is 34.6 Å². The molecular formula is C23H20F3N3O4S. The van der Waals surface area contributed by atoms with Gasteiger partial charge in [0.2, 0.25) is 0 Å². The van der Waals surface area contributed by atoms with Gasteiger partial charge in [-0.3, -0.25) is 9.69 Å². The number of benzene rings is 2. The lowest BCUT2D eigenvalue weighted by atomic mass is 10.0. The number of hydrogen-bond donors (Lipinski definition) is 1. The monoisotopic (exact) mass is 491 g/mol. The van der Waals surface area contributed by atoms with E-state index < -0.39 is 41.0 Å². The Hall–Kier alpha value is -3.20. The van der Waals surface area contributed by atoms with Crippen LogP contribution >= 0.6 is 12.2 Å². The van der Waals surface area contributed by atoms with Crippen LogP contribution in [0.3, 0.4) is 0 Å². The zero-order chi connectivity index (χ0) is 24.8. The van der Waals surface area contributed by atoms with E-state index >= 15 is 0 Å². The third-order valence-corrected chi connectivity index (χ3v) is 6.10. The maximum atomic E-state index is 13.5. The van der Waals surface area contributed by atoms with Gasteiger partial charge >= 0.3 is 6.18 Å². The van der Waals surface area contributed by atoms with E-state index in [1.807, 2.05) is 0 Å². The van der Waals surface area contributed by atoms with Gasteiger partial charge in [0.1, 0.15) is 23.5 Å². The summed E-state index contributed by atoms with van der Waals surface area (Å²) in [5.41, 5.74) is -2.42. The minimum Gasteiger partial charge on any atom is -0.485 e. The second-order valence-electron chi connectivity index (χ2n) is 8.41. The maximum absolute atomic E-state index is 13.5. The summed E-state index contributed by atoms with van der Waals surface area (Å²) < 4.78 is 51.3. The van der Waals surface area contributed by atoms with E-state index in [4.69, 9.17) is 27.0 Å². The second kappa shape index (κ2) is 8.54. The molecule has 0 saturated carbocycles. The zero-order valence-electron chi connectivity index (χ0n) is 18.2. The summed E-state index contributed by atoms with van der Waals surface area (Å²) in [6.45, 7) is 3.70. The van der Waals surface area contributed by atoms with Crippen LogP contribution in [0.15, 0.2) is 42.5 Å². The Labute approximate surface area is 198 Å². The predicted octanol–water partition coefficient (Wildman–Crippen LogP) is 3.63. The first-order chi connectivity index (χ1) is 15.9. The van der Waals surface area contributed by atoms with E-state index in [1.54, 1.807) is 43.0 Å². The molecular weight excluding hydrogens is 471 g/mol. The lowest BCUT2D eigenvalue weighted by Crippen LogP contribution is -2.44. The highest BCUT2D eigenvalue weighted by molar-refractivity contribution is 7.81. The third-order valence-electron chi connectivity index (χ3n) is 5.74. The molecule has 2 aromatic rings. The molecule has 2 aliphatic heterocycles. The first kappa shape index (κ1) is 23.9. The standard InChI is InChI=1S/C23H20F3N3O4S/c1-22(2)20(31)28(15-4-3-13(10-27)17(9-15)23(24,25)26)21(34)29(22)14-5-7-16(8-6-14)33-19-12-32-11-18(19)30/h3-9,18-19,30H,11-12H2,1-2H3/t18?,19-/m1/s1. The van der Waals surface area contributed by atoms with Crippen molar-refractivity contribution in [3.8, 4) is 11.8 Å². The van der Waals surface area contributed by atoms with E-state index in [0.717, 1.165) is 17.0 Å². The van der Waals surface area contributed by atoms with Gasteiger partial charge in [-0.25, -0.2) is 0 Å². The molecule has 1 unspecified atom stereocenters. The van der Waals surface area contributed by atoms with E-state index in [0.29, 0.717) is 11.4 Å². The Morgan fingerprint density at radius 2 is 1.82 bits per heavy atom. The van der Waals surface area contributed by atoms with Crippen molar-refractivity contribution in [1.29, 1.82) is 5.26 Å². The number of rotatable bonds is 4. The normalized spacial score (nSPS) is 22.3. The van der Waals surface area contributed by atoms with Crippen molar-refractivity contribution < 1.29 is 32.5 Å². The van der Waals surface area contributed by atoms with Crippen molar-refractivity contribution in [1.82, 2.24) is 0 Å². The van der Waals surface area contributed by atoms with E-state index in [2.05, 4.69) is 0 Å². The maximum Gasteiger partial charge on any atom is 0.417 e. The number of carbonyl (C=O) groups excluding carboxylic acids is 1. The number of hydrogen-bond acceptors (Lipinski definition) is 6. The number of nitriles is 1. The Morgan fingerprint density at radius 1 is 1.18 bits per heavy atom. The Morgan fingerprint density at radius 3 is 2.38 bits per heavy atom. The topological polar surface area (TPSA) is 86.0 Å². The Balaban J connectivity index is 1.65. The lowest BCUT2D eigenvalue weighted by molar-refractivity contribution is -0.137. The van der Waals surface area contributed by atoms with Crippen LogP contribution in [0, 0.1) is 11.3 Å². The van der Waals surface area contributed by atoms with Crippen LogP contribution in [0.1, 0.15) is 25.0 Å². The summed E-state index contributed by atoms with van der Waals surface area (Å²) >= 11 is 5.52. The zero-order valence-corrected chi connectivity index (χ0v) is 19.0. The minimum absolute atomic E-state index is 0.00103. The van der Waals surface area contributed by atoms with Gasteiger partial charge in [0.25, 0.3) is 5.91 Å². The molecule has 34 heavy (non-hydrogen) atoms. The summed E-state index contributed by atoms with van der Waals surface area (Å²) in [7, 11) is 0. The van der Waals surface area contributed by atoms with Gasteiger partial charge in [0, 0.05) is 5.69 Å². The van der Waals surface area contributed by atoms with Crippen LogP contribution in [-0.4, -0.2) is 47.1 Å². The number of anilines is 2. The van der Waals surface area contributed by atoms with Crippen LogP contribution in [0.25, 0.3) is 0 Å². The molecule has 0 aliphatic carbocycles. The van der Waals surface area contributed by atoms with Crippen LogP contribution in [-0.2, 0) is 15.7 Å². The number of nitrogens with zero attached hydrogens (tertiary/aromatic N) is 3. The summed E-state index contributed by atoms with van der Waals surface area (Å²) in [5.74, 6) is -0.0341. The number of aliphatic hydroxyl groups excluding tert-OH is 1. The molecule has 0 spiro atoms. The van der Waals surface area contributed by atoms with Crippen molar-refractivity contribution in [2.24, 2.45) is 0 Å². The smallest absolute Gasteiger partial charge is 0.417 e. The molecule has 2 heterocycles. The number of carbonyl (C=O) groups is 1. The highest BCUT2D eigenvalue weighted by Crippen LogP contribution is 2.40. The molecule has 1 amide bonds. The molecule has 2 aromatic carbocycles. The second-order valence-corrected chi connectivity index (χ2v) is 8.78. The number of halogens is 3. The fraction of sp³-hybridized carbons (Fsp3) is 0.348. The molecule has 7 nitrogen and oxygen atoms in total. The molecule has 178 valence electrons. The van der Waals surface area contributed by atoms with Crippen LogP contribution in [0.5, 0.6) is 5.75 Å². The van der Waals surface area contributed by atoms with Gasteiger partial charge in [0.15, 0.2) is 5.11 Å². The summed E-state index contributed by atoms with van der Waals surface area (Å²) in [4.78, 5) is 15.8. The van der Waals surface area contributed by atoms with Crippen molar-refractivity contribution in [2.75, 3.05) is 23.0 Å². The molecule has 2 aliphatic rings. The summed E-state index contributed by atoms with van der Waals surface area (Å²) in [6.07, 6.45) is -5.99. The average molecular weight is 491 g/mol. The first-order valence-corrected chi connectivity index (χ1v) is 10.7. The highest BCUT2D eigenvalue weighted by Gasteiger charge is 2.50. The lowest BCUT2D eigenvalue weighted by Gasteiger charge is -2.29. The van der Waals surface area contributed by atoms with Gasteiger partial charge in [-0.2, -0.15) is 18.4 Å². The van der Waals surface area contributed by atoms with Crippen molar-refractivity contribution in [2.45, 2.75) is 37.8 Å². The largest absolute Gasteiger partial charge is 0.485 e. The molecule has 0 radical (unpaired) electrons. The van der Waals surface area contributed by atoms with Gasteiger partial charge in [-0.05, 0) is 68.5 Å². The quantitative estimate of drug-likeness (QED) is 0.654. The first-order valence-electron chi connectivity index (χ1n) is 10.3. The molecule has 1 N–H and O–H groups in total. The number of aliphatic hydroxyl groups is 1. The highest BCUT2D eigenvalue weighted by atomic mass is 32.1. The summed E-state index contributed by atoms with van der Waals surface area (Å²) in [6, 6.07) is 11.2. The molecule has 0 bridgehead atoms. The fourth-order valence-corrected chi connectivity index (χ4v) is 4.47. The number of alkyl halides is 3. The Bertz CT molecular complexity index is 1180. The van der Waals surface area contributed by atoms with Gasteiger partial charge in [-0.15, -0.1) is 0 Å². The van der Waals surface area contributed by atoms with Crippen LogP contribution in [0.4, 0.5) is 24.5 Å². The average Bonchev–Trinajstić information content (AvgIpc) is 3.25. The molecule has 4 rings (SSSR count). The molecule has 2 fully saturated rings. The van der Waals surface area contributed by atoms with Gasteiger partial charge in [0.05, 0.1) is 36.1 Å². The minimum atomic E-state index is -4.77. The van der Waals surface area contributed by atoms with Gasteiger partial charge < -0.3 is 19.5 Å². The van der Waals surface area contributed by atoms with E-state index in [1.165, 1.54) is 12.1 Å². The Kier molecular flexibility index (Phi) is 6.01. The molecule has 2 atom stereocenters. The van der Waals surface area contributed by atoms with E-state index in [9.17, 15) is 23.1 Å². The SMILES string of the molecule is CC1(C)C(=O)N(c2ccc(C#N)c(C(F)(F)F)c2)C(=S)N1c1ccc(O[C@@H]2COCC2O)cc1. The van der Waals surface area contributed by atoms with E-state index in [-0.39, 0.29) is 24.0 Å². The number of ether oxygens (including phenoxy) is 2. The van der Waals surface area contributed by atoms with Gasteiger partial charge in [-0.1, -0.05) is 0 Å². The fourth-order valence-electron chi connectivity index (χ4n) is 3.94. The summed E-state index contributed by atoms with van der Waals surface area (Å²) in [5, 5.41) is 18.9. The van der Waals surface area contributed by atoms with Crippen LogP contribution in [0.2, 0.25) is 0 Å². The number of thiocarbonyl (C=S) groups is 1. The molecule has 2 saturated heterocycles.